The van der Waals surface area contributed by atoms with Crippen LogP contribution in [0.5, 0.6) is 0 Å². The normalized spacial score (nSPS) is 16.9. The molecule has 5 nitrogen and oxygen atoms in total. The van der Waals surface area contributed by atoms with Gasteiger partial charge in [0, 0.05) is 13.0 Å². The van der Waals surface area contributed by atoms with Crippen LogP contribution in [0.1, 0.15) is 16.7 Å². The van der Waals surface area contributed by atoms with E-state index in [0.29, 0.717) is 13.0 Å². The minimum atomic E-state index is -1.03. The first-order chi connectivity index (χ1) is 13.6. The number of hydrogen-bond acceptors (Lipinski definition) is 3. The molecule has 1 aliphatic rings. The fourth-order valence-electron chi connectivity index (χ4n) is 3.71. The van der Waals surface area contributed by atoms with Crippen molar-refractivity contribution in [1.29, 1.82) is 0 Å². The molecule has 3 N–H and O–H groups in total. The Morgan fingerprint density at radius 2 is 1.71 bits per heavy atom. The van der Waals surface area contributed by atoms with Crippen LogP contribution in [0.3, 0.4) is 0 Å². The van der Waals surface area contributed by atoms with E-state index in [1.54, 1.807) is 0 Å². The third-order valence-corrected chi connectivity index (χ3v) is 5.27. The number of benzene rings is 3. The van der Waals surface area contributed by atoms with Crippen LogP contribution in [-0.4, -0.2) is 29.1 Å². The molecular weight excluding hydrogens is 352 g/mol. The van der Waals surface area contributed by atoms with Crippen LogP contribution in [0.15, 0.2) is 66.7 Å². The van der Waals surface area contributed by atoms with Gasteiger partial charge < -0.3 is 15.7 Å². The van der Waals surface area contributed by atoms with Gasteiger partial charge in [0.1, 0.15) is 6.04 Å². The van der Waals surface area contributed by atoms with Gasteiger partial charge in [-0.05, 0) is 33.9 Å². The van der Waals surface area contributed by atoms with Crippen molar-refractivity contribution in [1.82, 2.24) is 10.6 Å². The molecule has 0 spiro atoms. The smallest absolute Gasteiger partial charge is 0.326 e. The van der Waals surface area contributed by atoms with Gasteiger partial charge in [-0.3, -0.25) is 4.79 Å². The summed E-state index contributed by atoms with van der Waals surface area (Å²) >= 11 is 0. The zero-order valence-electron chi connectivity index (χ0n) is 15.4. The predicted octanol–water partition coefficient (Wildman–Crippen LogP) is 2.67. The largest absolute Gasteiger partial charge is 0.480 e. The summed E-state index contributed by atoms with van der Waals surface area (Å²) in [5.74, 6) is -1.31. The minimum absolute atomic E-state index is 0.245. The van der Waals surface area contributed by atoms with E-state index in [1.807, 2.05) is 66.7 Å². The fraction of sp³-hybridized carbons (Fsp3) is 0.217. The molecule has 1 amide bonds. The second kappa shape index (κ2) is 7.82. The first-order valence-electron chi connectivity index (χ1n) is 9.41. The summed E-state index contributed by atoms with van der Waals surface area (Å²) in [6, 6.07) is 20.4. The van der Waals surface area contributed by atoms with Crippen molar-refractivity contribution in [2.45, 2.75) is 31.5 Å². The second-order valence-electron chi connectivity index (χ2n) is 7.19. The van der Waals surface area contributed by atoms with Crippen LogP contribution in [-0.2, 0) is 29.0 Å². The molecule has 1 heterocycles. The number of carbonyl (C=O) groups is 2. The summed E-state index contributed by atoms with van der Waals surface area (Å²) in [6.45, 7) is 0.608. The molecule has 28 heavy (non-hydrogen) atoms. The third-order valence-electron chi connectivity index (χ3n) is 5.27. The quantitative estimate of drug-likeness (QED) is 0.642. The highest BCUT2D eigenvalue weighted by Crippen LogP contribution is 2.18. The number of carboxylic acids is 1. The van der Waals surface area contributed by atoms with Gasteiger partial charge in [0.25, 0.3) is 0 Å². The van der Waals surface area contributed by atoms with Crippen LogP contribution >= 0.6 is 0 Å². The maximum Gasteiger partial charge on any atom is 0.326 e. The molecule has 5 heteroatoms. The number of amides is 1. The molecule has 0 aromatic heterocycles. The summed E-state index contributed by atoms with van der Waals surface area (Å²) < 4.78 is 0. The monoisotopic (exact) mass is 374 g/mol. The van der Waals surface area contributed by atoms with Gasteiger partial charge in [-0.25, -0.2) is 4.79 Å². The second-order valence-corrected chi connectivity index (χ2v) is 7.19. The Morgan fingerprint density at radius 3 is 2.50 bits per heavy atom. The Bertz CT molecular complexity index is 1030. The van der Waals surface area contributed by atoms with Gasteiger partial charge >= 0.3 is 5.97 Å². The number of aliphatic carboxylic acids is 1. The van der Waals surface area contributed by atoms with Gasteiger partial charge in [-0.15, -0.1) is 0 Å². The molecule has 0 aliphatic carbocycles. The van der Waals surface area contributed by atoms with Crippen LogP contribution < -0.4 is 10.6 Å². The molecule has 2 atom stereocenters. The van der Waals surface area contributed by atoms with Gasteiger partial charge in [0.15, 0.2) is 0 Å². The molecule has 1 aliphatic heterocycles. The maximum atomic E-state index is 12.7. The zero-order valence-corrected chi connectivity index (χ0v) is 15.4. The lowest BCUT2D eigenvalue weighted by molar-refractivity contribution is -0.142. The number of hydrogen-bond donors (Lipinski definition) is 3. The number of carboxylic acid groups (broad SMARTS) is 1. The Hall–Kier alpha value is -3.18. The van der Waals surface area contributed by atoms with Crippen LogP contribution in [0.2, 0.25) is 0 Å². The van der Waals surface area contributed by atoms with Crippen molar-refractivity contribution in [3.63, 3.8) is 0 Å². The van der Waals surface area contributed by atoms with E-state index in [2.05, 4.69) is 10.6 Å². The van der Waals surface area contributed by atoms with Gasteiger partial charge in [-0.1, -0.05) is 66.7 Å². The molecule has 3 aromatic rings. The molecule has 0 bridgehead atoms. The van der Waals surface area contributed by atoms with Crippen molar-refractivity contribution >= 4 is 22.6 Å². The SMILES string of the molecule is O=C(O)[C@H](Cc1ccc2ccccc2c1)NC(=O)[C@@H]1Cc2ccccc2CN1. The van der Waals surface area contributed by atoms with Gasteiger partial charge in [-0.2, -0.15) is 0 Å². The summed E-state index contributed by atoms with van der Waals surface area (Å²) in [6.07, 6.45) is 0.805. The minimum Gasteiger partial charge on any atom is -0.480 e. The first kappa shape index (κ1) is 18.2. The Kier molecular flexibility index (Phi) is 5.08. The number of rotatable bonds is 5. The van der Waals surface area contributed by atoms with Crippen LogP contribution in [0, 0.1) is 0 Å². The van der Waals surface area contributed by atoms with Crippen molar-refractivity contribution < 1.29 is 14.7 Å². The van der Waals surface area contributed by atoms with E-state index in [-0.39, 0.29) is 12.3 Å². The highest BCUT2D eigenvalue weighted by molar-refractivity contribution is 5.88. The number of nitrogens with one attached hydrogen (secondary N) is 2. The Labute approximate surface area is 163 Å². The molecule has 0 fully saturated rings. The summed E-state index contributed by atoms with van der Waals surface area (Å²) in [5.41, 5.74) is 3.19. The molecule has 3 aromatic carbocycles. The molecule has 0 saturated carbocycles. The number of fused-ring (bicyclic) bond motifs is 2. The Balaban J connectivity index is 1.46. The van der Waals surface area contributed by atoms with Crippen molar-refractivity contribution in [2.75, 3.05) is 0 Å². The molecule has 0 saturated heterocycles. The average Bonchev–Trinajstić information content (AvgIpc) is 2.72. The van der Waals surface area contributed by atoms with E-state index in [1.165, 1.54) is 5.56 Å². The first-order valence-corrected chi connectivity index (χ1v) is 9.41. The lowest BCUT2D eigenvalue weighted by Gasteiger charge is -2.26. The average molecular weight is 374 g/mol. The van der Waals surface area contributed by atoms with Gasteiger partial charge in [0.05, 0.1) is 6.04 Å². The summed E-state index contributed by atoms with van der Waals surface area (Å²) in [7, 11) is 0. The molecule has 4 rings (SSSR count). The number of carbonyl (C=O) groups excluding carboxylic acids is 1. The van der Waals surface area contributed by atoms with Gasteiger partial charge in [0.2, 0.25) is 5.91 Å². The molecule has 0 unspecified atom stereocenters. The van der Waals surface area contributed by atoms with Crippen molar-refractivity contribution in [3.8, 4) is 0 Å². The van der Waals surface area contributed by atoms with E-state index < -0.39 is 18.1 Å². The standard InChI is InChI=1S/C23H22N2O3/c26-22(20-13-18-7-3-4-8-19(18)14-24-20)25-21(23(27)28)12-15-9-10-16-5-1-2-6-17(16)11-15/h1-11,20-21,24H,12-14H2,(H,25,26)(H,27,28)/t20-,21-/m0/s1. The Morgan fingerprint density at radius 1 is 1.00 bits per heavy atom. The topological polar surface area (TPSA) is 78.4 Å². The van der Waals surface area contributed by atoms with Crippen LogP contribution in [0.25, 0.3) is 10.8 Å². The highest BCUT2D eigenvalue weighted by atomic mass is 16.4. The summed E-state index contributed by atoms with van der Waals surface area (Å²) in [5, 5.41) is 17.7. The lowest BCUT2D eigenvalue weighted by atomic mass is 9.95. The maximum absolute atomic E-state index is 12.7. The van der Waals surface area contributed by atoms with Crippen molar-refractivity contribution in [2.24, 2.45) is 0 Å². The zero-order chi connectivity index (χ0) is 19.5. The highest BCUT2D eigenvalue weighted by Gasteiger charge is 2.28. The predicted molar refractivity (Wildman–Crippen MR) is 108 cm³/mol. The lowest BCUT2D eigenvalue weighted by Crippen LogP contribution is -2.52. The van der Waals surface area contributed by atoms with E-state index in [9.17, 15) is 14.7 Å². The van der Waals surface area contributed by atoms with Crippen LogP contribution in [0.4, 0.5) is 0 Å². The molecule has 142 valence electrons. The summed E-state index contributed by atoms with van der Waals surface area (Å²) in [4.78, 5) is 24.4. The molecular formula is C23H22N2O3. The van der Waals surface area contributed by atoms with E-state index >= 15 is 0 Å². The third kappa shape index (κ3) is 3.89. The van der Waals surface area contributed by atoms with E-state index in [0.717, 1.165) is 21.9 Å². The fourth-order valence-corrected chi connectivity index (χ4v) is 3.71. The van der Waals surface area contributed by atoms with E-state index in [4.69, 9.17) is 0 Å². The van der Waals surface area contributed by atoms with Crippen molar-refractivity contribution in [3.05, 3.63) is 83.4 Å². The molecule has 0 radical (unpaired) electrons.